The maximum atomic E-state index is 13.0. The van der Waals surface area contributed by atoms with Crippen molar-refractivity contribution in [1.82, 2.24) is 14.7 Å². The molecule has 0 spiro atoms. The van der Waals surface area contributed by atoms with Crippen LogP contribution in [0.25, 0.3) is 0 Å². The Bertz CT molecular complexity index is 889. The Labute approximate surface area is 176 Å². The summed E-state index contributed by atoms with van der Waals surface area (Å²) < 4.78 is 39.9. The Hall–Kier alpha value is -1.77. The van der Waals surface area contributed by atoms with Gasteiger partial charge in [-0.25, -0.2) is 0 Å². The van der Waals surface area contributed by atoms with Gasteiger partial charge in [0.25, 0.3) is 0 Å². The van der Waals surface area contributed by atoms with E-state index in [2.05, 4.69) is 5.10 Å². The monoisotopic (exact) mass is 449 g/mol. The topological polar surface area (TPSA) is 58.4 Å². The lowest BCUT2D eigenvalue weighted by molar-refractivity contribution is -0.142. The predicted molar refractivity (Wildman–Crippen MR) is 103 cm³/mol. The highest BCUT2D eigenvalue weighted by Crippen LogP contribution is 2.37. The molecule has 3 rings (SSSR count). The first kappa shape index (κ1) is 21.9. The lowest BCUT2D eigenvalue weighted by atomic mass is 9.73. The van der Waals surface area contributed by atoms with Gasteiger partial charge in [-0.2, -0.15) is 18.3 Å². The molecule has 0 saturated carbocycles. The molecule has 2 aromatic rings. The third-order valence-corrected chi connectivity index (χ3v) is 6.22. The highest BCUT2D eigenvalue weighted by Gasteiger charge is 2.39. The molecule has 5 nitrogen and oxygen atoms in total. The Morgan fingerprint density at radius 3 is 2.28 bits per heavy atom. The van der Waals surface area contributed by atoms with Crippen molar-refractivity contribution in [1.29, 1.82) is 0 Å². The summed E-state index contributed by atoms with van der Waals surface area (Å²) in [6.07, 6.45) is -3.62. The summed E-state index contributed by atoms with van der Waals surface area (Å²) in [5.74, 6) is -0.344. The number of hydrogen-bond donors (Lipinski definition) is 1. The summed E-state index contributed by atoms with van der Waals surface area (Å²) in [6.45, 7) is 1.75. The number of nitrogens with zero attached hydrogens (tertiary/aromatic N) is 3. The zero-order valence-corrected chi connectivity index (χ0v) is 17.2. The zero-order valence-electron chi connectivity index (χ0n) is 15.6. The van der Waals surface area contributed by atoms with Crippen LogP contribution in [0.3, 0.4) is 0 Å². The summed E-state index contributed by atoms with van der Waals surface area (Å²) in [6, 6.07) is 7.25. The van der Waals surface area contributed by atoms with Gasteiger partial charge in [0.05, 0.1) is 17.3 Å². The van der Waals surface area contributed by atoms with E-state index >= 15 is 0 Å². The van der Waals surface area contributed by atoms with Crippen LogP contribution in [0.5, 0.6) is 0 Å². The van der Waals surface area contributed by atoms with Crippen molar-refractivity contribution in [2.75, 3.05) is 19.7 Å². The normalized spacial score (nSPS) is 16.9. The van der Waals surface area contributed by atoms with Crippen LogP contribution in [-0.2, 0) is 22.9 Å². The quantitative estimate of drug-likeness (QED) is 0.765. The van der Waals surface area contributed by atoms with Crippen molar-refractivity contribution < 1.29 is 23.1 Å². The number of aliphatic hydroxyl groups excluding tert-OH is 1. The van der Waals surface area contributed by atoms with Gasteiger partial charge in [-0.3, -0.25) is 9.48 Å². The number of likely N-dealkylation sites (tertiary alicyclic amines) is 1. The van der Waals surface area contributed by atoms with E-state index in [1.54, 1.807) is 17.0 Å². The van der Waals surface area contributed by atoms with Crippen LogP contribution in [0.1, 0.15) is 29.8 Å². The van der Waals surface area contributed by atoms with Crippen LogP contribution in [0.2, 0.25) is 10.0 Å². The average molecular weight is 450 g/mol. The summed E-state index contributed by atoms with van der Waals surface area (Å²) in [7, 11) is 0. The number of aromatic nitrogens is 2. The fraction of sp³-hybridized carbons (Fsp3) is 0.474. The van der Waals surface area contributed by atoms with Crippen molar-refractivity contribution in [3.8, 4) is 0 Å². The summed E-state index contributed by atoms with van der Waals surface area (Å²) in [5.41, 5.74) is -0.628. The smallest absolute Gasteiger partial charge is 0.395 e. The number of amides is 1. The minimum absolute atomic E-state index is 0.0700. The van der Waals surface area contributed by atoms with Crippen LogP contribution in [0, 0.1) is 6.92 Å². The second-order valence-corrected chi connectivity index (χ2v) is 8.04. The van der Waals surface area contributed by atoms with Gasteiger partial charge in [0.1, 0.15) is 6.54 Å². The molecule has 0 radical (unpaired) electrons. The maximum Gasteiger partial charge on any atom is 0.436 e. The van der Waals surface area contributed by atoms with Crippen molar-refractivity contribution in [3.05, 3.63) is 51.3 Å². The molecule has 10 heteroatoms. The van der Waals surface area contributed by atoms with Crippen LogP contribution in [0.15, 0.2) is 24.3 Å². The van der Waals surface area contributed by atoms with E-state index in [9.17, 15) is 23.1 Å². The lowest BCUT2D eigenvalue weighted by Gasteiger charge is -2.41. The van der Waals surface area contributed by atoms with E-state index in [-0.39, 0.29) is 24.8 Å². The Morgan fingerprint density at radius 1 is 1.21 bits per heavy atom. The van der Waals surface area contributed by atoms with Gasteiger partial charge in [0, 0.05) is 23.5 Å². The molecule has 1 N–H and O–H groups in total. The molecule has 0 bridgehead atoms. The fourth-order valence-corrected chi connectivity index (χ4v) is 3.98. The summed E-state index contributed by atoms with van der Waals surface area (Å²) in [5, 5.41) is 13.6. The molecule has 0 aliphatic carbocycles. The highest BCUT2D eigenvalue weighted by molar-refractivity contribution is 6.32. The van der Waals surface area contributed by atoms with Gasteiger partial charge >= 0.3 is 6.18 Å². The number of carbonyl (C=O) groups is 1. The molecule has 0 atom stereocenters. The predicted octanol–water partition coefficient (Wildman–Crippen LogP) is 4.07. The summed E-state index contributed by atoms with van der Waals surface area (Å²) >= 11 is 11.7. The molecule has 1 aliphatic heterocycles. The van der Waals surface area contributed by atoms with Gasteiger partial charge in [-0.15, -0.1) is 0 Å². The minimum atomic E-state index is -4.68. The largest absolute Gasteiger partial charge is 0.436 e. The summed E-state index contributed by atoms with van der Waals surface area (Å²) in [4.78, 5) is 14.2. The highest BCUT2D eigenvalue weighted by atomic mass is 35.5. The zero-order chi connectivity index (χ0) is 21.4. The van der Waals surface area contributed by atoms with Gasteiger partial charge in [-0.05, 0) is 37.5 Å². The SMILES string of the molecule is Cc1c(Cl)c(C(F)(F)F)nn1CC(=O)N1CCC(CO)(c2ccc(Cl)cc2)CC1. The van der Waals surface area contributed by atoms with E-state index in [1.165, 1.54) is 6.92 Å². The minimum Gasteiger partial charge on any atom is -0.395 e. The maximum absolute atomic E-state index is 13.0. The van der Waals surface area contributed by atoms with E-state index < -0.39 is 22.3 Å². The molecule has 1 aromatic heterocycles. The van der Waals surface area contributed by atoms with Gasteiger partial charge < -0.3 is 10.0 Å². The van der Waals surface area contributed by atoms with Gasteiger partial charge in [0.15, 0.2) is 5.69 Å². The van der Waals surface area contributed by atoms with Gasteiger partial charge in [-0.1, -0.05) is 35.3 Å². The Morgan fingerprint density at radius 2 is 1.79 bits per heavy atom. The first-order valence-electron chi connectivity index (χ1n) is 9.02. The van der Waals surface area contributed by atoms with Crippen molar-refractivity contribution in [2.45, 2.75) is 37.9 Å². The van der Waals surface area contributed by atoms with E-state index in [4.69, 9.17) is 23.2 Å². The van der Waals surface area contributed by atoms with Crippen LogP contribution >= 0.6 is 23.2 Å². The molecule has 29 heavy (non-hydrogen) atoms. The van der Waals surface area contributed by atoms with E-state index in [0.717, 1.165) is 10.2 Å². The third-order valence-electron chi connectivity index (χ3n) is 5.52. The van der Waals surface area contributed by atoms with E-state index in [1.807, 2.05) is 12.1 Å². The lowest BCUT2D eigenvalue weighted by Crippen LogP contribution is -2.47. The molecule has 158 valence electrons. The molecule has 0 unspecified atom stereocenters. The molecule has 2 heterocycles. The fourth-order valence-electron chi connectivity index (χ4n) is 3.61. The number of benzene rings is 1. The first-order valence-corrected chi connectivity index (χ1v) is 9.78. The number of aliphatic hydroxyl groups is 1. The van der Waals surface area contributed by atoms with Crippen LogP contribution in [0.4, 0.5) is 13.2 Å². The second-order valence-electron chi connectivity index (χ2n) is 7.23. The molecular weight excluding hydrogens is 430 g/mol. The number of halogens is 5. The average Bonchev–Trinajstić information content (AvgIpc) is 2.97. The van der Waals surface area contributed by atoms with E-state index in [0.29, 0.717) is 31.0 Å². The van der Waals surface area contributed by atoms with Crippen LogP contribution < -0.4 is 0 Å². The molecule has 1 saturated heterocycles. The molecule has 1 aliphatic rings. The molecule has 1 amide bonds. The number of carbonyl (C=O) groups excluding carboxylic acids is 1. The second kappa shape index (κ2) is 8.16. The molecule has 1 aromatic carbocycles. The number of rotatable bonds is 4. The van der Waals surface area contributed by atoms with Crippen molar-refractivity contribution in [3.63, 3.8) is 0 Å². The number of piperidine rings is 1. The standard InChI is InChI=1S/C19H20Cl2F3N3O2/c1-12-16(21)17(19(22,23)24)25-27(12)10-15(29)26-8-6-18(11-28,7-9-26)13-2-4-14(20)5-3-13/h2-5,28H,6-11H2,1H3. The molecular formula is C19H20Cl2F3N3O2. The van der Waals surface area contributed by atoms with Crippen molar-refractivity contribution in [2.24, 2.45) is 0 Å². The number of alkyl halides is 3. The molecule has 1 fully saturated rings. The van der Waals surface area contributed by atoms with Crippen molar-refractivity contribution >= 4 is 29.1 Å². The Kier molecular flexibility index (Phi) is 6.17. The number of hydrogen-bond acceptors (Lipinski definition) is 3. The third kappa shape index (κ3) is 4.39. The first-order chi connectivity index (χ1) is 13.6. The van der Waals surface area contributed by atoms with Gasteiger partial charge in [0.2, 0.25) is 5.91 Å². The Balaban J connectivity index is 1.70. The van der Waals surface area contributed by atoms with Crippen LogP contribution in [-0.4, -0.2) is 45.4 Å².